The molecule has 1 aromatic carbocycles. The summed E-state index contributed by atoms with van der Waals surface area (Å²) in [7, 11) is 0. The number of carbonyl (C=O) groups excluding carboxylic acids is 1. The second-order valence-electron chi connectivity index (χ2n) is 3.85. The first-order chi connectivity index (χ1) is 9.56. The summed E-state index contributed by atoms with van der Waals surface area (Å²) in [5, 5.41) is 24.7. The minimum absolute atomic E-state index is 0.00971. The van der Waals surface area contributed by atoms with Crippen molar-refractivity contribution in [3.8, 4) is 5.75 Å². The number of aromatic hydroxyl groups is 1. The van der Waals surface area contributed by atoms with E-state index in [1.807, 2.05) is 0 Å². The van der Waals surface area contributed by atoms with Gasteiger partial charge in [-0.3, -0.25) is 4.79 Å². The monoisotopic (exact) mass is 291 g/mol. The van der Waals surface area contributed by atoms with Crippen molar-refractivity contribution in [3.05, 3.63) is 64.1 Å². The van der Waals surface area contributed by atoms with Crippen LogP contribution >= 0.6 is 11.6 Å². The lowest BCUT2D eigenvalue weighted by Gasteiger charge is -2.01. The van der Waals surface area contributed by atoms with Gasteiger partial charge < -0.3 is 10.3 Å². The smallest absolute Gasteiger partial charge is 0.277 e. The summed E-state index contributed by atoms with van der Waals surface area (Å²) in [4.78, 5) is 11.7. The van der Waals surface area contributed by atoms with Gasteiger partial charge in [0.15, 0.2) is 12.4 Å². The molecule has 0 saturated carbocycles. The number of hydrogen-bond donors (Lipinski definition) is 2. The molecule has 2 N–H and O–H groups in total. The van der Waals surface area contributed by atoms with Crippen LogP contribution in [0.25, 0.3) is 0 Å². The molecule has 0 unspecified atom stereocenters. The summed E-state index contributed by atoms with van der Waals surface area (Å²) in [6, 6.07) is 7.39. The molecule has 0 fully saturated rings. The largest absolute Gasteiger partial charge is 0.619 e. The fourth-order valence-electron chi connectivity index (χ4n) is 1.44. The van der Waals surface area contributed by atoms with Crippen LogP contribution in [0.1, 0.15) is 15.9 Å². The lowest BCUT2D eigenvalue weighted by molar-refractivity contribution is -0.605. The quantitative estimate of drug-likeness (QED) is 0.388. The number of nitrogens with one attached hydrogen (secondary N) is 1. The molecular weight excluding hydrogens is 282 g/mol. The Kier molecular flexibility index (Phi) is 4.17. The van der Waals surface area contributed by atoms with Crippen LogP contribution in [0, 0.1) is 5.21 Å². The zero-order valence-electron chi connectivity index (χ0n) is 10.2. The van der Waals surface area contributed by atoms with Gasteiger partial charge in [0, 0.05) is 16.7 Å². The molecule has 0 bridgehead atoms. The van der Waals surface area contributed by atoms with Gasteiger partial charge in [0.05, 0.1) is 6.21 Å². The Balaban J connectivity index is 2.06. The maximum absolute atomic E-state index is 11.7. The molecule has 0 spiro atoms. The number of phenols is 1. The number of carbonyl (C=O) groups is 1. The van der Waals surface area contributed by atoms with Crippen molar-refractivity contribution in [2.24, 2.45) is 5.10 Å². The second-order valence-corrected chi connectivity index (χ2v) is 4.29. The normalized spacial score (nSPS) is 10.7. The molecule has 0 radical (unpaired) electrons. The molecule has 1 amide bonds. The maximum Gasteiger partial charge on any atom is 0.277 e. The third-order valence-corrected chi connectivity index (χ3v) is 2.63. The van der Waals surface area contributed by atoms with E-state index in [4.69, 9.17) is 11.6 Å². The molecule has 102 valence electrons. The van der Waals surface area contributed by atoms with E-state index in [-0.39, 0.29) is 11.3 Å². The van der Waals surface area contributed by atoms with Crippen LogP contribution in [0.4, 0.5) is 0 Å². The standard InChI is InChI=1S/C13H10ClN3O3/c14-11-3-4-12(18)10(6-11)7-15-16-13(19)9-2-1-5-17(20)8-9/h1-8,18H,(H,16,19)/b15-7+. The Morgan fingerprint density at radius 3 is 3.00 bits per heavy atom. The summed E-state index contributed by atoms with van der Waals surface area (Å²) in [5.74, 6) is -0.544. The predicted octanol–water partition coefficient (Wildman–Crippen LogP) is 1.44. The maximum atomic E-state index is 11.7. The Morgan fingerprint density at radius 2 is 2.25 bits per heavy atom. The SMILES string of the molecule is O=C(N/N=C/c1cc(Cl)ccc1O)c1ccc[n+]([O-])c1. The molecule has 0 aliphatic rings. The molecule has 1 heterocycles. The van der Waals surface area contributed by atoms with Crippen molar-refractivity contribution in [1.29, 1.82) is 0 Å². The fraction of sp³-hybridized carbons (Fsp3) is 0. The van der Waals surface area contributed by atoms with Crippen molar-refractivity contribution in [1.82, 2.24) is 5.43 Å². The van der Waals surface area contributed by atoms with E-state index in [0.717, 1.165) is 6.20 Å². The lowest BCUT2D eigenvalue weighted by atomic mass is 10.2. The fourth-order valence-corrected chi connectivity index (χ4v) is 1.62. The summed E-state index contributed by atoms with van der Waals surface area (Å²) in [5.41, 5.74) is 2.79. The van der Waals surface area contributed by atoms with Crippen molar-refractivity contribution in [2.75, 3.05) is 0 Å². The van der Waals surface area contributed by atoms with E-state index in [1.165, 1.54) is 42.7 Å². The molecular formula is C13H10ClN3O3. The number of rotatable bonds is 3. The molecule has 0 aliphatic carbocycles. The number of pyridine rings is 1. The number of benzene rings is 1. The highest BCUT2D eigenvalue weighted by molar-refractivity contribution is 6.30. The van der Waals surface area contributed by atoms with Gasteiger partial charge in [-0.1, -0.05) is 11.6 Å². The van der Waals surface area contributed by atoms with Gasteiger partial charge in [-0.15, -0.1) is 0 Å². The summed E-state index contributed by atoms with van der Waals surface area (Å²) < 4.78 is 0.515. The van der Waals surface area contributed by atoms with E-state index >= 15 is 0 Å². The second kappa shape index (κ2) is 6.03. The highest BCUT2D eigenvalue weighted by Crippen LogP contribution is 2.19. The molecule has 1 aromatic heterocycles. The first-order valence-electron chi connectivity index (χ1n) is 5.57. The third-order valence-electron chi connectivity index (χ3n) is 2.40. The van der Waals surface area contributed by atoms with E-state index in [2.05, 4.69) is 10.5 Å². The van der Waals surface area contributed by atoms with Crippen LogP contribution in [-0.2, 0) is 0 Å². The Morgan fingerprint density at radius 1 is 1.45 bits per heavy atom. The van der Waals surface area contributed by atoms with E-state index in [0.29, 0.717) is 15.3 Å². The molecule has 7 heteroatoms. The molecule has 2 aromatic rings. The van der Waals surface area contributed by atoms with Crippen molar-refractivity contribution in [2.45, 2.75) is 0 Å². The van der Waals surface area contributed by atoms with Gasteiger partial charge in [0.1, 0.15) is 11.3 Å². The number of phenolic OH excluding ortho intramolecular Hbond substituents is 1. The third kappa shape index (κ3) is 3.46. The molecule has 0 aliphatic heterocycles. The summed E-state index contributed by atoms with van der Waals surface area (Å²) >= 11 is 5.77. The zero-order chi connectivity index (χ0) is 14.5. The van der Waals surface area contributed by atoms with Crippen LogP contribution in [0.15, 0.2) is 47.8 Å². The van der Waals surface area contributed by atoms with Crippen molar-refractivity contribution >= 4 is 23.7 Å². The number of nitrogens with zero attached hydrogens (tertiary/aromatic N) is 2. The molecule has 2 rings (SSSR count). The minimum atomic E-state index is -0.534. The molecule has 0 atom stereocenters. The number of hydrazone groups is 1. The van der Waals surface area contributed by atoms with Gasteiger partial charge in [-0.25, -0.2) is 5.43 Å². The average Bonchev–Trinajstić information content (AvgIpc) is 2.42. The number of amides is 1. The van der Waals surface area contributed by atoms with E-state index in [1.54, 1.807) is 0 Å². The molecule has 20 heavy (non-hydrogen) atoms. The van der Waals surface area contributed by atoms with Crippen molar-refractivity contribution < 1.29 is 14.6 Å². The number of hydrogen-bond acceptors (Lipinski definition) is 4. The Bertz CT molecular complexity index is 674. The first-order valence-corrected chi connectivity index (χ1v) is 5.95. The topological polar surface area (TPSA) is 88.6 Å². The zero-order valence-corrected chi connectivity index (χ0v) is 10.9. The Labute approximate surface area is 119 Å². The number of halogens is 1. The van der Waals surface area contributed by atoms with Crippen LogP contribution in [-0.4, -0.2) is 17.2 Å². The lowest BCUT2D eigenvalue weighted by Crippen LogP contribution is -2.28. The predicted molar refractivity (Wildman–Crippen MR) is 73.6 cm³/mol. The first kappa shape index (κ1) is 13.8. The van der Waals surface area contributed by atoms with Crippen LogP contribution in [0.2, 0.25) is 5.02 Å². The average molecular weight is 292 g/mol. The molecule has 0 saturated heterocycles. The van der Waals surface area contributed by atoms with Crippen molar-refractivity contribution in [3.63, 3.8) is 0 Å². The van der Waals surface area contributed by atoms with Gasteiger partial charge >= 0.3 is 0 Å². The van der Waals surface area contributed by atoms with Crippen LogP contribution < -0.4 is 10.2 Å². The van der Waals surface area contributed by atoms with Gasteiger partial charge in [-0.05, 0) is 24.3 Å². The van der Waals surface area contributed by atoms with E-state index in [9.17, 15) is 15.1 Å². The highest BCUT2D eigenvalue weighted by atomic mass is 35.5. The van der Waals surface area contributed by atoms with Crippen LogP contribution in [0.5, 0.6) is 5.75 Å². The summed E-state index contributed by atoms with van der Waals surface area (Å²) in [6.07, 6.45) is 3.65. The minimum Gasteiger partial charge on any atom is -0.619 e. The molecule has 6 nitrogen and oxygen atoms in total. The summed E-state index contributed by atoms with van der Waals surface area (Å²) in [6.45, 7) is 0. The number of aromatic nitrogens is 1. The van der Waals surface area contributed by atoms with Crippen LogP contribution in [0.3, 0.4) is 0 Å². The Hall–Kier alpha value is -2.60. The van der Waals surface area contributed by atoms with Gasteiger partial charge in [0.2, 0.25) is 0 Å². The van der Waals surface area contributed by atoms with Gasteiger partial charge in [-0.2, -0.15) is 9.83 Å². The van der Waals surface area contributed by atoms with E-state index < -0.39 is 5.91 Å². The van der Waals surface area contributed by atoms with Gasteiger partial charge in [0.25, 0.3) is 5.91 Å². The highest BCUT2D eigenvalue weighted by Gasteiger charge is 2.07.